The summed E-state index contributed by atoms with van der Waals surface area (Å²) in [6.45, 7) is 9.19. The van der Waals surface area contributed by atoms with Crippen molar-refractivity contribution in [3.63, 3.8) is 0 Å². The summed E-state index contributed by atoms with van der Waals surface area (Å²) in [7, 11) is 1.52. The maximum Gasteiger partial charge on any atom is 0.338 e. The normalized spacial score (nSPS) is 16.2. The zero-order valence-corrected chi connectivity index (χ0v) is 14.8. The quantitative estimate of drug-likeness (QED) is 0.551. The topological polar surface area (TPSA) is 85.9 Å². The van der Waals surface area contributed by atoms with Crippen LogP contribution in [0.5, 0.6) is 11.5 Å². The maximum absolute atomic E-state index is 12.4. The number of hydrogen-bond acceptors (Lipinski definition) is 5. The Morgan fingerprint density at radius 2 is 1.96 bits per heavy atom. The van der Waals surface area contributed by atoms with Crippen molar-refractivity contribution in [3.8, 4) is 11.5 Å². The molecule has 0 aromatic heterocycles. The molecule has 2 rings (SSSR count). The van der Waals surface area contributed by atoms with Gasteiger partial charge in [0.25, 0.3) is 0 Å². The number of carbonyl (C=O) groups is 2. The van der Waals surface area contributed by atoms with E-state index < -0.39 is 18.0 Å². The molecule has 0 saturated heterocycles. The van der Waals surface area contributed by atoms with Gasteiger partial charge in [-0.05, 0) is 24.6 Å². The minimum Gasteiger partial charge on any atom is -0.493 e. The highest BCUT2D eigenvalue weighted by molar-refractivity contribution is 5.95. The Morgan fingerprint density at radius 1 is 1.23 bits per heavy atom. The predicted molar refractivity (Wildman–Crippen MR) is 97.0 cm³/mol. The van der Waals surface area contributed by atoms with Crippen LogP contribution in [-0.2, 0) is 9.53 Å². The van der Waals surface area contributed by atoms with Crippen LogP contribution in [0.3, 0.4) is 0 Å². The number of hydrogen-bond donors (Lipinski definition) is 2. The SMILES string of the molecule is C=CCOC(=O)C1=C(C)NC(=O)NC1c1ccc(OCC=C)c(OC)c1. The van der Waals surface area contributed by atoms with Gasteiger partial charge in [0.15, 0.2) is 11.5 Å². The molecule has 1 aromatic rings. The summed E-state index contributed by atoms with van der Waals surface area (Å²) in [4.78, 5) is 24.3. The summed E-state index contributed by atoms with van der Waals surface area (Å²) < 4.78 is 16.0. The smallest absolute Gasteiger partial charge is 0.338 e. The van der Waals surface area contributed by atoms with Gasteiger partial charge in [-0.3, -0.25) is 0 Å². The minimum atomic E-state index is -0.677. The summed E-state index contributed by atoms with van der Waals surface area (Å²) in [5, 5.41) is 5.33. The first-order valence-electron chi connectivity index (χ1n) is 7.99. The van der Waals surface area contributed by atoms with E-state index in [1.165, 1.54) is 13.2 Å². The van der Waals surface area contributed by atoms with Gasteiger partial charge in [-0.15, -0.1) is 0 Å². The summed E-state index contributed by atoms with van der Waals surface area (Å²) in [6.07, 6.45) is 3.10. The number of benzene rings is 1. The van der Waals surface area contributed by atoms with Crippen LogP contribution in [0.1, 0.15) is 18.5 Å². The fourth-order valence-electron chi connectivity index (χ4n) is 2.56. The fourth-order valence-corrected chi connectivity index (χ4v) is 2.56. The van der Waals surface area contributed by atoms with Crippen molar-refractivity contribution in [3.05, 3.63) is 60.3 Å². The molecule has 1 heterocycles. The zero-order chi connectivity index (χ0) is 19.1. The number of methoxy groups -OCH3 is 1. The summed E-state index contributed by atoms with van der Waals surface area (Å²) >= 11 is 0. The molecule has 1 unspecified atom stereocenters. The lowest BCUT2D eigenvalue weighted by Gasteiger charge is -2.28. The number of ether oxygens (including phenoxy) is 3. The first-order valence-corrected chi connectivity index (χ1v) is 7.99. The van der Waals surface area contributed by atoms with Crippen LogP contribution in [0.4, 0.5) is 4.79 Å². The number of carbonyl (C=O) groups excluding carboxylic acids is 2. The Kier molecular flexibility index (Phi) is 6.43. The van der Waals surface area contributed by atoms with E-state index >= 15 is 0 Å². The number of esters is 1. The molecule has 1 aromatic carbocycles. The average molecular weight is 358 g/mol. The summed E-state index contributed by atoms with van der Waals surface area (Å²) in [5.74, 6) is 0.479. The third-order valence-electron chi connectivity index (χ3n) is 3.70. The largest absolute Gasteiger partial charge is 0.493 e. The Morgan fingerprint density at radius 3 is 2.62 bits per heavy atom. The molecule has 0 bridgehead atoms. The first-order chi connectivity index (χ1) is 12.5. The van der Waals surface area contributed by atoms with Gasteiger partial charge in [-0.25, -0.2) is 9.59 Å². The molecule has 1 aliphatic rings. The zero-order valence-electron chi connectivity index (χ0n) is 14.8. The van der Waals surface area contributed by atoms with Gasteiger partial charge >= 0.3 is 12.0 Å². The molecule has 7 heteroatoms. The third kappa shape index (κ3) is 4.24. The molecule has 0 radical (unpaired) electrons. The third-order valence-corrected chi connectivity index (χ3v) is 3.70. The molecule has 7 nitrogen and oxygen atoms in total. The van der Waals surface area contributed by atoms with Crippen LogP contribution in [0.2, 0.25) is 0 Å². The standard InChI is InChI=1S/C19H22N2O5/c1-5-9-25-14-8-7-13(11-15(14)24-4)17-16(18(22)26-10-6-2)12(3)20-19(23)21-17/h5-8,11,17H,1-2,9-10H2,3-4H3,(H2,20,21,23). The summed E-state index contributed by atoms with van der Waals surface area (Å²) in [6, 6.07) is 4.10. The fraction of sp³-hybridized carbons (Fsp3) is 0.263. The highest BCUT2D eigenvalue weighted by Gasteiger charge is 2.32. The number of urea groups is 1. The van der Waals surface area contributed by atoms with E-state index in [1.54, 1.807) is 31.2 Å². The number of amides is 2. The van der Waals surface area contributed by atoms with E-state index in [9.17, 15) is 9.59 Å². The van der Waals surface area contributed by atoms with Crippen LogP contribution >= 0.6 is 0 Å². The molecule has 1 aliphatic heterocycles. The van der Waals surface area contributed by atoms with E-state index in [4.69, 9.17) is 14.2 Å². The van der Waals surface area contributed by atoms with Crippen molar-refractivity contribution in [2.45, 2.75) is 13.0 Å². The Hall–Kier alpha value is -3.22. The molecular weight excluding hydrogens is 336 g/mol. The van der Waals surface area contributed by atoms with Crippen molar-refractivity contribution >= 4 is 12.0 Å². The van der Waals surface area contributed by atoms with Crippen LogP contribution in [-0.4, -0.2) is 32.3 Å². The predicted octanol–water partition coefficient (Wildman–Crippen LogP) is 2.62. The molecule has 0 spiro atoms. The van der Waals surface area contributed by atoms with Crippen LogP contribution < -0.4 is 20.1 Å². The van der Waals surface area contributed by atoms with Crippen molar-refractivity contribution in [1.82, 2.24) is 10.6 Å². The van der Waals surface area contributed by atoms with Crippen molar-refractivity contribution in [2.24, 2.45) is 0 Å². The Balaban J connectivity index is 2.40. The van der Waals surface area contributed by atoms with Gasteiger partial charge < -0.3 is 24.8 Å². The molecule has 0 fully saturated rings. The van der Waals surface area contributed by atoms with Crippen LogP contribution in [0, 0.1) is 0 Å². The van der Waals surface area contributed by atoms with E-state index in [0.717, 1.165) is 0 Å². The van der Waals surface area contributed by atoms with Crippen molar-refractivity contribution in [2.75, 3.05) is 20.3 Å². The Labute approximate surface area is 152 Å². The molecular formula is C19H22N2O5. The van der Waals surface area contributed by atoms with E-state index in [2.05, 4.69) is 23.8 Å². The van der Waals surface area contributed by atoms with Gasteiger partial charge in [-0.2, -0.15) is 0 Å². The lowest BCUT2D eigenvalue weighted by atomic mass is 9.95. The second-order valence-corrected chi connectivity index (χ2v) is 5.47. The van der Waals surface area contributed by atoms with Gasteiger partial charge in [-0.1, -0.05) is 31.4 Å². The monoisotopic (exact) mass is 358 g/mol. The second-order valence-electron chi connectivity index (χ2n) is 5.47. The number of allylic oxidation sites excluding steroid dienone is 1. The summed E-state index contributed by atoms with van der Waals surface area (Å²) in [5.41, 5.74) is 1.40. The average Bonchev–Trinajstić information content (AvgIpc) is 2.63. The second kappa shape index (κ2) is 8.75. The molecule has 0 aliphatic carbocycles. The molecule has 0 saturated carbocycles. The maximum atomic E-state index is 12.4. The van der Waals surface area contributed by atoms with E-state index in [-0.39, 0.29) is 6.61 Å². The minimum absolute atomic E-state index is 0.0773. The Bertz CT molecular complexity index is 754. The highest BCUT2D eigenvalue weighted by atomic mass is 16.5. The van der Waals surface area contributed by atoms with Crippen molar-refractivity contribution in [1.29, 1.82) is 0 Å². The van der Waals surface area contributed by atoms with E-state index in [1.807, 2.05) is 0 Å². The van der Waals surface area contributed by atoms with Crippen molar-refractivity contribution < 1.29 is 23.8 Å². The first kappa shape index (κ1) is 19.1. The molecule has 138 valence electrons. The van der Waals surface area contributed by atoms with Gasteiger partial charge in [0.05, 0.1) is 18.7 Å². The van der Waals surface area contributed by atoms with Gasteiger partial charge in [0, 0.05) is 5.70 Å². The molecule has 26 heavy (non-hydrogen) atoms. The number of rotatable bonds is 8. The van der Waals surface area contributed by atoms with Crippen LogP contribution in [0.15, 0.2) is 54.8 Å². The van der Waals surface area contributed by atoms with Gasteiger partial charge in [0.1, 0.15) is 13.2 Å². The molecule has 2 amide bonds. The van der Waals surface area contributed by atoms with Crippen LogP contribution in [0.25, 0.3) is 0 Å². The number of nitrogens with one attached hydrogen (secondary N) is 2. The molecule has 2 N–H and O–H groups in total. The van der Waals surface area contributed by atoms with E-state index in [0.29, 0.717) is 34.9 Å². The van der Waals surface area contributed by atoms with Gasteiger partial charge in [0.2, 0.25) is 0 Å². The molecule has 1 atom stereocenters. The highest BCUT2D eigenvalue weighted by Crippen LogP contribution is 2.34. The lowest BCUT2D eigenvalue weighted by Crippen LogP contribution is -2.45. The lowest BCUT2D eigenvalue weighted by molar-refractivity contribution is -0.138.